The van der Waals surface area contributed by atoms with Crippen LogP contribution in [0.25, 0.3) is 22.2 Å². The van der Waals surface area contributed by atoms with Gasteiger partial charge < -0.3 is 25.0 Å². The average Bonchev–Trinajstić information content (AvgIpc) is 3.95. The number of aryl methyl sites for hydroxylation is 1. The number of H-pyrrole nitrogens is 1. The van der Waals surface area contributed by atoms with Crippen LogP contribution in [-0.4, -0.2) is 54.0 Å². The second-order valence-corrected chi connectivity index (χ2v) is 16.8. The summed E-state index contributed by atoms with van der Waals surface area (Å²) in [6.45, 7) is 5.56. The maximum absolute atomic E-state index is 13.9. The van der Waals surface area contributed by atoms with Crippen molar-refractivity contribution in [3.63, 3.8) is 0 Å². The molecule has 2 aromatic heterocycles. The molecule has 1 amide bonds. The number of ether oxygens (including phenoxy) is 1. The fourth-order valence-corrected chi connectivity index (χ4v) is 8.98. The number of carbonyl (C=O) groups is 1. The molecule has 1 saturated heterocycles. The van der Waals surface area contributed by atoms with Crippen molar-refractivity contribution in [2.45, 2.75) is 69.7 Å². The van der Waals surface area contributed by atoms with Crippen LogP contribution in [0.5, 0.6) is 11.5 Å². The van der Waals surface area contributed by atoms with Crippen molar-refractivity contribution >= 4 is 44.0 Å². The molecule has 7 rings (SSSR count). The van der Waals surface area contributed by atoms with E-state index in [0.29, 0.717) is 30.4 Å². The zero-order valence-electron chi connectivity index (χ0n) is 33.8. The molecule has 14 heteroatoms. The first-order valence-electron chi connectivity index (χ1n) is 20.5. The molecule has 2 atom stereocenters. The molecule has 1 aliphatic rings. The fourth-order valence-electron chi connectivity index (χ4n) is 8.00. The van der Waals surface area contributed by atoms with Crippen LogP contribution in [0.3, 0.4) is 0 Å². The van der Waals surface area contributed by atoms with Crippen LogP contribution in [0.15, 0.2) is 114 Å². The summed E-state index contributed by atoms with van der Waals surface area (Å²) in [5, 5.41) is 25.4. The van der Waals surface area contributed by atoms with E-state index in [2.05, 4.69) is 75.2 Å². The Kier molecular flexibility index (Phi) is 13.1. The second-order valence-electron chi connectivity index (χ2n) is 15.1. The summed E-state index contributed by atoms with van der Waals surface area (Å²) in [5.74, 6) is -0.490. The third-order valence-corrected chi connectivity index (χ3v) is 12.5. The normalized spacial score (nSPS) is 14.6. The number of sulfonamides is 1. The molecular formula is C46H50N6O7S. The van der Waals surface area contributed by atoms with Gasteiger partial charge in [0.05, 0.1) is 27.6 Å². The van der Waals surface area contributed by atoms with Crippen LogP contribution in [0.4, 0.5) is 17.1 Å². The molecule has 0 unspecified atom stereocenters. The van der Waals surface area contributed by atoms with Crippen molar-refractivity contribution in [2.75, 3.05) is 29.9 Å². The molecule has 1 fully saturated rings. The Labute approximate surface area is 350 Å². The number of anilines is 2. The van der Waals surface area contributed by atoms with E-state index in [4.69, 9.17) is 4.74 Å². The number of nitro benzene ring substituents is 1. The highest BCUT2D eigenvalue weighted by atomic mass is 32.2. The van der Waals surface area contributed by atoms with Crippen LogP contribution in [0.2, 0.25) is 0 Å². The van der Waals surface area contributed by atoms with E-state index in [1.807, 2.05) is 18.2 Å². The van der Waals surface area contributed by atoms with Crippen molar-refractivity contribution in [3.8, 4) is 22.6 Å². The van der Waals surface area contributed by atoms with Crippen LogP contribution in [0.1, 0.15) is 79.9 Å². The van der Waals surface area contributed by atoms with Crippen LogP contribution in [-0.2, 0) is 16.4 Å². The zero-order valence-corrected chi connectivity index (χ0v) is 34.6. The Hall–Kier alpha value is -6.25. The SMILES string of the molecule is CCCC[C@H](CCO)CNc1ccc(S(=O)(=O)NC(=O)c2ccc(-c3ccc(N4CCC[C@@H]4c4ccccc4CC)cc3)cc2Oc2cnc3[nH]ccc3c2)cc1[N+](=O)[O-]. The van der Waals surface area contributed by atoms with E-state index in [1.165, 1.54) is 35.5 Å². The first-order valence-corrected chi connectivity index (χ1v) is 22.0. The molecule has 13 nitrogen and oxygen atoms in total. The van der Waals surface area contributed by atoms with Gasteiger partial charge in [-0.2, -0.15) is 0 Å². The number of carbonyl (C=O) groups excluding carboxylic acids is 1. The average molecular weight is 831 g/mol. The molecule has 6 aromatic rings. The van der Waals surface area contributed by atoms with Crippen molar-refractivity contribution in [1.29, 1.82) is 0 Å². The number of nitro groups is 1. The molecule has 312 valence electrons. The van der Waals surface area contributed by atoms with E-state index in [-0.39, 0.29) is 29.5 Å². The number of aromatic amines is 1. The molecule has 3 heterocycles. The number of aliphatic hydroxyl groups excluding tert-OH is 1. The van der Waals surface area contributed by atoms with E-state index < -0.39 is 31.4 Å². The Morgan fingerprint density at radius 2 is 1.82 bits per heavy atom. The second kappa shape index (κ2) is 18.8. The van der Waals surface area contributed by atoms with E-state index >= 15 is 0 Å². The Bertz CT molecular complexity index is 2580. The van der Waals surface area contributed by atoms with Gasteiger partial charge in [0, 0.05) is 43.0 Å². The molecule has 0 spiro atoms. The van der Waals surface area contributed by atoms with E-state index in [9.17, 15) is 28.4 Å². The Morgan fingerprint density at radius 3 is 2.58 bits per heavy atom. The van der Waals surface area contributed by atoms with Crippen LogP contribution < -0.4 is 19.7 Å². The Morgan fingerprint density at radius 1 is 1.02 bits per heavy atom. The summed E-state index contributed by atoms with van der Waals surface area (Å²) in [7, 11) is -4.59. The highest BCUT2D eigenvalue weighted by molar-refractivity contribution is 7.90. The van der Waals surface area contributed by atoms with Gasteiger partial charge >= 0.3 is 0 Å². The number of aromatic nitrogens is 2. The summed E-state index contributed by atoms with van der Waals surface area (Å²) < 4.78 is 35.7. The minimum atomic E-state index is -4.59. The minimum Gasteiger partial charge on any atom is -0.455 e. The van der Waals surface area contributed by atoms with Gasteiger partial charge in [-0.15, -0.1) is 0 Å². The number of amides is 1. The summed E-state index contributed by atoms with van der Waals surface area (Å²) >= 11 is 0. The number of hydrogen-bond donors (Lipinski definition) is 4. The van der Waals surface area contributed by atoms with Gasteiger partial charge in [-0.1, -0.05) is 69.2 Å². The van der Waals surface area contributed by atoms with Crippen molar-refractivity contribution < 1.29 is 28.0 Å². The van der Waals surface area contributed by atoms with Crippen LogP contribution >= 0.6 is 0 Å². The van der Waals surface area contributed by atoms with Gasteiger partial charge in [0.1, 0.15) is 22.8 Å². The highest BCUT2D eigenvalue weighted by Gasteiger charge is 2.29. The molecule has 0 bridgehead atoms. The number of pyridine rings is 1. The fraction of sp³-hybridized carbons (Fsp3) is 0.304. The predicted octanol–water partition coefficient (Wildman–Crippen LogP) is 9.55. The van der Waals surface area contributed by atoms with Crippen molar-refractivity contribution in [2.24, 2.45) is 5.92 Å². The Balaban J connectivity index is 1.15. The number of aliphatic hydroxyl groups is 1. The maximum atomic E-state index is 13.9. The van der Waals surface area contributed by atoms with Crippen molar-refractivity contribution in [3.05, 3.63) is 136 Å². The number of fused-ring (bicyclic) bond motifs is 1. The topological polar surface area (TPSA) is 180 Å². The lowest BCUT2D eigenvalue weighted by molar-refractivity contribution is -0.384. The third-order valence-electron chi connectivity index (χ3n) is 11.2. The first kappa shape index (κ1) is 41.9. The van der Waals surface area contributed by atoms with Gasteiger partial charge in [0.2, 0.25) is 0 Å². The van der Waals surface area contributed by atoms with Gasteiger partial charge in [-0.3, -0.25) is 14.9 Å². The van der Waals surface area contributed by atoms with E-state index in [0.717, 1.165) is 73.3 Å². The monoisotopic (exact) mass is 830 g/mol. The minimum absolute atomic E-state index is 0.00868. The van der Waals surface area contributed by atoms with Gasteiger partial charge in [0.15, 0.2) is 0 Å². The molecule has 60 heavy (non-hydrogen) atoms. The smallest absolute Gasteiger partial charge is 0.293 e. The maximum Gasteiger partial charge on any atom is 0.293 e. The van der Waals surface area contributed by atoms with Crippen molar-refractivity contribution in [1.82, 2.24) is 14.7 Å². The molecule has 4 aromatic carbocycles. The number of nitrogens with zero attached hydrogens (tertiary/aromatic N) is 3. The van der Waals surface area contributed by atoms with Gasteiger partial charge in [-0.05, 0) is 109 Å². The summed E-state index contributed by atoms with van der Waals surface area (Å²) in [6, 6.07) is 29.1. The van der Waals surface area contributed by atoms with Gasteiger partial charge in [-0.25, -0.2) is 18.1 Å². The van der Waals surface area contributed by atoms with Crippen LogP contribution in [0, 0.1) is 16.0 Å². The standard InChI is InChI=1S/C46H50N6O7S/c1-3-5-9-31(22-25-53)29-48-41-20-18-38(28-43(41)52(55)56)60(57,58)50-46(54)40-19-15-34(27-44(40)59-37-26-35-21-23-47-45(35)49-30-37)33-13-16-36(17-14-33)51-24-8-12-42(51)39-11-7-6-10-32(39)4-2/h6-7,10-11,13-21,23,26-28,30-31,42,48,53H,3-5,8-9,12,22,24-25,29H2,1-2H3,(H,47,49)(H,50,54)/t31-,42-/m1/s1. The third kappa shape index (κ3) is 9.45. The largest absolute Gasteiger partial charge is 0.455 e. The van der Waals surface area contributed by atoms with E-state index in [1.54, 1.807) is 24.4 Å². The summed E-state index contributed by atoms with van der Waals surface area (Å²) in [4.78, 5) is 34.8. The number of benzene rings is 4. The summed E-state index contributed by atoms with van der Waals surface area (Å²) in [6.07, 6.45) is 9.68. The highest BCUT2D eigenvalue weighted by Crippen LogP contribution is 2.39. The molecule has 0 radical (unpaired) electrons. The quantitative estimate of drug-likeness (QED) is 0.0481. The molecule has 1 aliphatic heterocycles. The lowest BCUT2D eigenvalue weighted by Crippen LogP contribution is -2.31. The predicted molar refractivity (Wildman–Crippen MR) is 234 cm³/mol. The molecule has 4 N–H and O–H groups in total. The number of hydrogen-bond acceptors (Lipinski definition) is 10. The molecule has 0 aliphatic carbocycles. The summed E-state index contributed by atoms with van der Waals surface area (Å²) in [5.41, 5.74) is 5.68. The number of nitrogens with one attached hydrogen (secondary N) is 3. The zero-order chi connectivity index (χ0) is 42.2. The molecular weight excluding hydrogens is 781 g/mol. The number of rotatable bonds is 18. The lowest BCUT2D eigenvalue weighted by Gasteiger charge is -2.29. The number of unbranched alkanes of at least 4 members (excludes halogenated alkanes) is 1. The van der Waals surface area contributed by atoms with Gasteiger partial charge in [0.25, 0.3) is 21.6 Å². The lowest BCUT2D eigenvalue weighted by atomic mass is 9.96. The molecule has 0 saturated carbocycles. The first-order chi connectivity index (χ1) is 29.1.